The number of rotatable bonds is 1. The first kappa shape index (κ1) is 25.3. The van der Waals surface area contributed by atoms with Crippen LogP contribution < -0.4 is 0 Å². The molecule has 1 aromatic carbocycles. The zero-order valence-electron chi connectivity index (χ0n) is 10.5. The Morgan fingerprint density at radius 3 is 1.90 bits per heavy atom. The first-order chi connectivity index (χ1) is 7.77. The van der Waals surface area contributed by atoms with Crippen molar-refractivity contribution < 1.29 is 39.0 Å². The molecular weight excluding hydrogens is 315 g/mol. The van der Waals surface area contributed by atoms with Crippen molar-refractivity contribution in [1.29, 1.82) is 0 Å². The fourth-order valence-electron chi connectivity index (χ4n) is 1.90. The maximum atomic E-state index is 12.0. The van der Waals surface area contributed by atoms with Gasteiger partial charge >= 0.3 is 29.6 Å². The summed E-state index contributed by atoms with van der Waals surface area (Å²) in [4.78, 5) is 23.8. The van der Waals surface area contributed by atoms with E-state index in [-0.39, 0.29) is 57.1 Å². The first-order valence-corrected chi connectivity index (χ1v) is 6.35. The van der Waals surface area contributed by atoms with Crippen molar-refractivity contribution in [3.63, 3.8) is 0 Å². The zero-order valence-corrected chi connectivity index (χ0v) is 11.3. The second kappa shape index (κ2) is 8.11. The Kier molecular flexibility index (Phi) is 9.77. The fourth-order valence-corrected chi connectivity index (χ4v) is 2.56. The van der Waals surface area contributed by atoms with Crippen LogP contribution in [0.25, 0.3) is 0 Å². The van der Waals surface area contributed by atoms with Gasteiger partial charge in [0.15, 0.2) is 16.3 Å². The second-order valence-corrected chi connectivity index (χ2v) is 6.03. The molecule has 8 nitrogen and oxygen atoms in total. The Hall–Kier alpha value is -0.650. The Balaban J connectivity index is -0.000000810. The van der Waals surface area contributed by atoms with Crippen molar-refractivity contribution in [3.05, 3.63) is 35.4 Å². The van der Waals surface area contributed by atoms with E-state index in [0.29, 0.717) is 0 Å². The molecule has 0 saturated carbocycles. The normalized spacial score (nSPS) is 19.9. The number of hydrogen-bond donors (Lipinski definition) is 1. The van der Waals surface area contributed by atoms with Gasteiger partial charge in [-0.1, -0.05) is 24.3 Å². The Morgan fingerprint density at radius 1 is 1.05 bits per heavy atom. The van der Waals surface area contributed by atoms with Gasteiger partial charge in [-0.3, -0.25) is 14.1 Å². The Bertz CT molecular complexity index is 627. The minimum absolute atomic E-state index is 0. The topological polar surface area (TPSA) is 183 Å². The fraction of sp³-hybridized carbons (Fsp3) is 0.273. The van der Waals surface area contributed by atoms with Crippen molar-refractivity contribution in [2.45, 2.75) is 18.1 Å². The average Bonchev–Trinajstić information content (AvgIpc) is 2.25. The predicted molar refractivity (Wildman–Crippen MR) is 77.7 cm³/mol. The molecule has 0 spiro atoms. The van der Waals surface area contributed by atoms with Gasteiger partial charge in [0.1, 0.15) is 0 Å². The van der Waals surface area contributed by atoms with Gasteiger partial charge in [0.2, 0.25) is 0 Å². The molecule has 1 atom stereocenters. The maximum absolute atomic E-state index is 12.0. The molecule has 0 amide bonds. The summed E-state index contributed by atoms with van der Waals surface area (Å²) < 4.78 is 29.6. The van der Waals surface area contributed by atoms with Crippen LogP contribution in [0.1, 0.15) is 34.1 Å². The van der Waals surface area contributed by atoms with E-state index in [9.17, 15) is 18.0 Å². The molecule has 2 rings (SSSR count). The summed E-state index contributed by atoms with van der Waals surface area (Å²) in [6.45, 7) is 1.07. The third-order valence-electron chi connectivity index (χ3n) is 3.02. The van der Waals surface area contributed by atoms with Crippen LogP contribution in [0, 0.1) is 0 Å². The summed E-state index contributed by atoms with van der Waals surface area (Å²) >= 11 is 0. The average molecular weight is 332 g/mol. The molecule has 10 heteroatoms. The first-order valence-electron chi connectivity index (χ1n) is 4.91. The van der Waals surface area contributed by atoms with E-state index in [1.807, 2.05) is 0 Å². The van der Waals surface area contributed by atoms with Crippen molar-refractivity contribution >= 4 is 51.2 Å². The molecule has 0 aromatic heterocycles. The van der Waals surface area contributed by atoms with Gasteiger partial charge in [0.05, 0.1) is 0 Å². The van der Waals surface area contributed by atoms with Crippen molar-refractivity contribution in [3.8, 4) is 0 Å². The monoisotopic (exact) mass is 332 g/mol. The van der Waals surface area contributed by atoms with Gasteiger partial charge in [-0.05, 0) is 6.92 Å². The number of carbonyl (C=O) groups is 2. The van der Waals surface area contributed by atoms with E-state index in [0.717, 1.165) is 6.92 Å². The number of Topliss-reactive ketones (excluding diaryl/α,β-unsaturated/α-hetero) is 2. The molecule has 0 fully saturated rings. The van der Waals surface area contributed by atoms with E-state index in [2.05, 4.69) is 0 Å². The SMILES string of the molecule is CC1(S(=O)(=O)O)CC(=O)c2ccccc2C1=O.O.O.O.[NaH]. The molecule has 1 unspecified atom stereocenters. The van der Waals surface area contributed by atoms with E-state index >= 15 is 0 Å². The molecule has 1 aliphatic rings. The molecule has 0 saturated heterocycles. The quantitative estimate of drug-likeness (QED) is 0.459. The summed E-state index contributed by atoms with van der Waals surface area (Å²) in [5, 5.41) is 0. The zero-order chi connectivity index (χ0) is 12.8. The Morgan fingerprint density at radius 2 is 1.48 bits per heavy atom. The molecule has 21 heavy (non-hydrogen) atoms. The van der Waals surface area contributed by atoms with Crippen LogP contribution in [-0.2, 0) is 10.1 Å². The van der Waals surface area contributed by atoms with Crippen LogP contribution in [0.5, 0.6) is 0 Å². The summed E-state index contributed by atoms with van der Waals surface area (Å²) in [6, 6.07) is 6.00. The van der Waals surface area contributed by atoms with E-state index in [1.54, 1.807) is 12.1 Å². The third kappa shape index (κ3) is 3.96. The number of fused-ring (bicyclic) bond motifs is 1. The Labute approximate surface area is 143 Å². The summed E-state index contributed by atoms with van der Waals surface area (Å²) in [5.74, 6) is -1.20. The number of hydrogen-bond acceptors (Lipinski definition) is 4. The molecule has 0 bridgehead atoms. The van der Waals surface area contributed by atoms with Gasteiger partial charge in [-0.15, -0.1) is 0 Å². The summed E-state index contributed by atoms with van der Waals surface area (Å²) in [5.41, 5.74) is 0.252. The van der Waals surface area contributed by atoms with Crippen LogP contribution in [0.2, 0.25) is 0 Å². The van der Waals surface area contributed by atoms with Crippen LogP contribution in [0.4, 0.5) is 0 Å². The van der Waals surface area contributed by atoms with Crippen LogP contribution >= 0.6 is 0 Å². The van der Waals surface area contributed by atoms with Gasteiger partial charge in [-0.2, -0.15) is 8.42 Å². The van der Waals surface area contributed by atoms with Gasteiger partial charge in [0, 0.05) is 17.5 Å². The third-order valence-corrected chi connectivity index (χ3v) is 4.49. The van der Waals surface area contributed by atoms with Crippen molar-refractivity contribution in [2.24, 2.45) is 0 Å². The predicted octanol–water partition coefficient (Wildman–Crippen LogP) is -2.02. The van der Waals surface area contributed by atoms with Crippen LogP contribution in [-0.4, -0.2) is 75.3 Å². The number of benzene rings is 1. The van der Waals surface area contributed by atoms with E-state index in [4.69, 9.17) is 4.55 Å². The second-order valence-electron chi connectivity index (χ2n) is 4.18. The number of ketones is 2. The van der Waals surface area contributed by atoms with Crippen LogP contribution in [0.3, 0.4) is 0 Å². The van der Waals surface area contributed by atoms with E-state index < -0.39 is 32.9 Å². The standard InChI is InChI=1S/C11H10O5S.Na.3H2O.H/c1-11(17(14,15)16)6-9(12)7-4-2-3-5-8(7)10(11)13;;;;;/h2-5H,6H2,1H3,(H,14,15,16);;3*1H2;. The molecule has 116 valence electrons. The number of carbonyl (C=O) groups excluding carboxylic acids is 2. The van der Waals surface area contributed by atoms with E-state index in [1.165, 1.54) is 12.1 Å². The van der Waals surface area contributed by atoms with Gasteiger partial charge in [0.25, 0.3) is 10.1 Å². The summed E-state index contributed by atoms with van der Waals surface area (Å²) in [6.07, 6.45) is -0.526. The molecule has 1 aliphatic carbocycles. The van der Waals surface area contributed by atoms with Gasteiger partial charge < -0.3 is 16.4 Å². The minimum atomic E-state index is -4.62. The molecular formula is C11H17NaO8S. The molecule has 0 aliphatic heterocycles. The molecule has 1 aromatic rings. The van der Waals surface area contributed by atoms with Gasteiger partial charge in [-0.25, -0.2) is 0 Å². The summed E-state index contributed by atoms with van der Waals surface area (Å²) in [7, 11) is -4.62. The molecule has 7 N–H and O–H groups in total. The van der Waals surface area contributed by atoms with Crippen LogP contribution in [0.15, 0.2) is 24.3 Å². The molecule has 0 radical (unpaired) electrons. The van der Waals surface area contributed by atoms with Crippen molar-refractivity contribution in [1.82, 2.24) is 0 Å². The van der Waals surface area contributed by atoms with Crippen molar-refractivity contribution in [2.75, 3.05) is 0 Å². The molecule has 0 heterocycles.